The van der Waals surface area contributed by atoms with Crippen molar-refractivity contribution in [3.8, 4) is 5.75 Å². The molecule has 0 heterocycles. The fraction of sp³-hybridized carbons (Fsp3) is 0.750. The Balaban J connectivity index is 0. The van der Waals surface area contributed by atoms with Crippen molar-refractivity contribution in [3.05, 3.63) is 30.3 Å². The number of hydrogen-bond acceptors (Lipinski definition) is 1. The van der Waals surface area contributed by atoms with Crippen LogP contribution in [0.5, 0.6) is 5.75 Å². The van der Waals surface area contributed by atoms with Crippen LogP contribution < -0.4 is 0 Å². The fourth-order valence-electron chi connectivity index (χ4n) is 3.05. The molecule has 0 fully saturated rings. The summed E-state index contributed by atoms with van der Waals surface area (Å²) in [4.78, 5) is 0. The van der Waals surface area contributed by atoms with E-state index in [1.54, 1.807) is 24.3 Å². The Morgan fingerprint density at radius 3 is 0.962 bits per heavy atom. The van der Waals surface area contributed by atoms with Gasteiger partial charge in [0, 0.05) is 29.6 Å². The van der Waals surface area contributed by atoms with Crippen LogP contribution >= 0.6 is 0 Å². The van der Waals surface area contributed by atoms with Crippen LogP contribution in [0, 0.1) is 0 Å². The molecule has 0 aliphatic rings. The van der Waals surface area contributed by atoms with Crippen LogP contribution in [-0.4, -0.2) is 34.7 Å². The summed E-state index contributed by atoms with van der Waals surface area (Å²) in [5.74, 6) is 0.322. The van der Waals surface area contributed by atoms with Gasteiger partial charge in [0.2, 0.25) is 0 Å². The first-order valence-electron chi connectivity index (χ1n) is 11.0. The summed E-state index contributed by atoms with van der Waals surface area (Å²) < 4.78 is 0. The van der Waals surface area contributed by atoms with Crippen molar-refractivity contribution >= 4 is 29.6 Å². The van der Waals surface area contributed by atoms with Gasteiger partial charge in [-0.3, -0.25) is 0 Å². The minimum Gasteiger partial charge on any atom is -0.508 e. The molecule has 147 valence electrons. The van der Waals surface area contributed by atoms with E-state index in [2.05, 4.69) is 13.8 Å². The van der Waals surface area contributed by atoms with Gasteiger partial charge < -0.3 is 5.11 Å². The zero-order valence-electron chi connectivity index (χ0n) is 18.1. The Morgan fingerprint density at radius 1 is 0.500 bits per heavy atom. The number of para-hydroxylation sites is 1. The predicted octanol–water partition coefficient (Wildman–Crippen LogP) is 8.28. The van der Waals surface area contributed by atoms with Gasteiger partial charge in [0.05, 0.1) is 0 Å². The molecule has 1 radical (unpaired) electrons. The maximum atomic E-state index is 8.63. The van der Waals surface area contributed by atoms with Gasteiger partial charge in [-0.2, -0.15) is 0 Å². The molecule has 1 rings (SSSR count). The molecule has 26 heavy (non-hydrogen) atoms. The van der Waals surface area contributed by atoms with E-state index in [4.69, 9.17) is 5.11 Å². The summed E-state index contributed by atoms with van der Waals surface area (Å²) in [6.07, 6.45) is 23.4. The Morgan fingerprint density at radius 2 is 0.769 bits per heavy atom. The molecule has 0 saturated carbocycles. The van der Waals surface area contributed by atoms with E-state index in [0.29, 0.717) is 5.75 Å². The quantitative estimate of drug-likeness (QED) is 0.243. The summed E-state index contributed by atoms with van der Waals surface area (Å²) in [6.45, 7) is 4.59. The molecular weight excluding hydrogens is 327 g/mol. The summed E-state index contributed by atoms with van der Waals surface area (Å²) in [5.41, 5.74) is 0. The minimum atomic E-state index is 0. The predicted molar refractivity (Wildman–Crippen MR) is 119 cm³/mol. The first kappa shape index (κ1) is 28.2. The van der Waals surface area contributed by atoms with Gasteiger partial charge in [0.15, 0.2) is 0 Å². The molecule has 0 bridgehead atoms. The Hall–Kier alpha value is 0.0200. The molecule has 0 saturated heterocycles. The molecular formula is C24H44NaO. The Labute approximate surface area is 186 Å². The van der Waals surface area contributed by atoms with Crippen LogP contribution in [0.1, 0.15) is 117 Å². The zero-order valence-corrected chi connectivity index (χ0v) is 20.1. The standard InChI is InChI=1S/C18H38.C6H6O.Na/c1-3-5-7-9-11-13-15-17-18-16-14-12-10-8-6-4-2;7-6-4-2-1-3-5-6;/h3-18H2,1-2H3;1-5,7H;. The van der Waals surface area contributed by atoms with E-state index >= 15 is 0 Å². The second kappa shape index (κ2) is 25.0. The third kappa shape index (κ3) is 24.0. The van der Waals surface area contributed by atoms with E-state index in [9.17, 15) is 0 Å². The van der Waals surface area contributed by atoms with Gasteiger partial charge in [0.25, 0.3) is 0 Å². The average Bonchev–Trinajstić information content (AvgIpc) is 2.63. The number of phenolic OH excluding ortho intramolecular Hbond substituents is 1. The number of benzene rings is 1. The van der Waals surface area contributed by atoms with E-state index in [0.717, 1.165) is 0 Å². The zero-order chi connectivity index (χ0) is 18.4. The number of phenols is 1. The number of aromatic hydroxyl groups is 1. The SMILES string of the molecule is CCCCCCCCCCCCCCCCCC.Oc1ccccc1.[Na]. The molecule has 0 spiro atoms. The Kier molecular flexibility index (Phi) is 27.2. The van der Waals surface area contributed by atoms with Crippen molar-refractivity contribution in [3.63, 3.8) is 0 Å². The van der Waals surface area contributed by atoms with Crippen molar-refractivity contribution in [1.82, 2.24) is 0 Å². The molecule has 1 nitrogen and oxygen atoms in total. The fourth-order valence-corrected chi connectivity index (χ4v) is 3.05. The van der Waals surface area contributed by atoms with E-state index in [-0.39, 0.29) is 29.6 Å². The molecule has 1 aromatic carbocycles. The van der Waals surface area contributed by atoms with Crippen LogP contribution in [0.25, 0.3) is 0 Å². The molecule has 0 atom stereocenters. The summed E-state index contributed by atoms with van der Waals surface area (Å²) in [6, 6.07) is 8.71. The van der Waals surface area contributed by atoms with Gasteiger partial charge in [-0.05, 0) is 12.1 Å². The number of rotatable bonds is 15. The molecule has 0 aromatic heterocycles. The van der Waals surface area contributed by atoms with Crippen molar-refractivity contribution in [1.29, 1.82) is 0 Å². The summed E-state index contributed by atoms with van der Waals surface area (Å²) >= 11 is 0. The third-order valence-corrected chi connectivity index (χ3v) is 4.71. The Bertz CT molecular complexity index is 323. The molecule has 1 N–H and O–H groups in total. The van der Waals surface area contributed by atoms with Gasteiger partial charge in [0.1, 0.15) is 5.75 Å². The molecule has 1 aromatic rings. The maximum Gasteiger partial charge on any atom is 0.115 e. The van der Waals surface area contributed by atoms with Gasteiger partial charge in [-0.25, -0.2) is 0 Å². The number of hydrogen-bond donors (Lipinski definition) is 1. The van der Waals surface area contributed by atoms with Crippen LogP contribution in [-0.2, 0) is 0 Å². The van der Waals surface area contributed by atoms with Crippen molar-refractivity contribution in [2.45, 2.75) is 117 Å². The summed E-state index contributed by atoms with van der Waals surface area (Å²) in [7, 11) is 0. The van der Waals surface area contributed by atoms with Crippen molar-refractivity contribution < 1.29 is 5.11 Å². The van der Waals surface area contributed by atoms with Gasteiger partial charge in [-0.1, -0.05) is 135 Å². The second-order valence-corrected chi connectivity index (χ2v) is 7.29. The van der Waals surface area contributed by atoms with Crippen LogP contribution in [0.3, 0.4) is 0 Å². The smallest absolute Gasteiger partial charge is 0.115 e. The van der Waals surface area contributed by atoms with Crippen molar-refractivity contribution in [2.75, 3.05) is 0 Å². The molecule has 2 heteroatoms. The largest absolute Gasteiger partial charge is 0.508 e. The topological polar surface area (TPSA) is 20.2 Å². The van der Waals surface area contributed by atoms with Crippen LogP contribution in [0.4, 0.5) is 0 Å². The molecule has 0 amide bonds. The first-order valence-corrected chi connectivity index (χ1v) is 11.0. The second-order valence-electron chi connectivity index (χ2n) is 7.29. The first-order chi connectivity index (χ1) is 12.3. The van der Waals surface area contributed by atoms with Crippen LogP contribution in [0.15, 0.2) is 30.3 Å². The van der Waals surface area contributed by atoms with E-state index in [1.165, 1.54) is 103 Å². The van der Waals surface area contributed by atoms with Crippen LogP contribution in [0.2, 0.25) is 0 Å². The molecule has 0 aliphatic carbocycles. The average molecular weight is 372 g/mol. The van der Waals surface area contributed by atoms with Gasteiger partial charge in [-0.15, -0.1) is 0 Å². The monoisotopic (exact) mass is 371 g/mol. The van der Waals surface area contributed by atoms with E-state index in [1.807, 2.05) is 6.07 Å². The van der Waals surface area contributed by atoms with E-state index < -0.39 is 0 Å². The maximum absolute atomic E-state index is 8.63. The van der Waals surface area contributed by atoms with Gasteiger partial charge >= 0.3 is 0 Å². The molecule has 0 unspecified atom stereocenters. The normalized spacial score (nSPS) is 9.92. The molecule has 0 aliphatic heterocycles. The number of unbranched alkanes of at least 4 members (excludes halogenated alkanes) is 15. The van der Waals surface area contributed by atoms with Crippen molar-refractivity contribution in [2.24, 2.45) is 0 Å². The minimum absolute atomic E-state index is 0. The summed E-state index contributed by atoms with van der Waals surface area (Å²) in [5, 5.41) is 8.63. The third-order valence-electron chi connectivity index (χ3n) is 4.71.